The van der Waals surface area contributed by atoms with Gasteiger partial charge in [0.15, 0.2) is 0 Å². The summed E-state index contributed by atoms with van der Waals surface area (Å²) in [6.07, 6.45) is 4.12. The highest BCUT2D eigenvalue weighted by atomic mass is 32.1. The van der Waals surface area contributed by atoms with Crippen molar-refractivity contribution >= 4 is 40.2 Å². The van der Waals surface area contributed by atoms with E-state index in [0.717, 1.165) is 16.0 Å². The van der Waals surface area contributed by atoms with Crippen LogP contribution in [-0.2, 0) is 27.3 Å². The largest absolute Gasteiger partial charge is 0.481 e. The highest BCUT2D eigenvalue weighted by Crippen LogP contribution is 2.36. The molecule has 2 heterocycles. The summed E-state index contributed by atoms with van der Waals surface area (Å²) in [7, 11) is 0. The van der Waals surface area contributed by atoms with E-state index in [2.05, 4.69) is 11.4 Å². The van der Waals surface area contributed by atoms with Crippen molar-refractivity contribution in [1.29, 1.82) is 5.26 Å². The van der Waals surface area contributed by atoms with Gasteiger partial charge in [0.2, 0.25) is 11.8 Å². The van der Waals surface area contributed by atoms with Crippen LogP contribution in [0.2, 0.25) is 0 Å². The number of aliphatic carboxylic acids is 1. The van der Waals surface area contributed by atoms with Crippen LogP contribution in [0.5, 0.6) is 0 Å². The lowest BCUT2D eigenvalue weighted by molar-refractivity contribution is -0.137. The van der Waals surface area contributed by atoms with Gasteiger partial charge in [-0.25, -0.2) is 0 Å². The summed E-state index contributed by atoms with van der Waals surface area (Å²) < 4.78 is 0. The van der Waals surface area contributed by atoms with Gasteiger partial charge in [-0.2, -0.15) is 5.26 Å². The van der Waals surface area contributed by atoms with Crippen molar-refractivity contribution in [3.8, 4) is 6.07 Å². The van der Waals surface area contributed by atoms with Crippen molar-refractivity contribution in [2.75, 3.05) is 11.9 Å². The molecule has 1 aliphatic rings. The van der Waals surface area contributed by atoms with E-state index >= 15 is 0 Å². The van der Waals surface area contributed by atoms with Crippen LogP contribution in [0.25, 0.3) is 6.08 Å². The quantitative estimate of drug-likeness (QED) is 0.663. The van der Waals surface area contributed by atoms with Gasteiger partial charge in [0.05, 0.1) is 12.1 Å². The van der Waals surface area contributed by atoms with Crippen molar-refractivity contribution < 1.29 is 19.5 Å². The number of nitrogens with one attached hydrogen (secondary N) is 1. The number of amides is 2. The highest BCUT2D eigenvalue weighted by molar-refractivity contribution is 7.16. The summed E-state index contributed by atoms with van der Waals surface area (Å²) in [5, 5.41) is 21.6. The van der Waals surface area contributed by atoms with E-state index in [-0.39, 0.29) is 24.7 Å². The number of hydrogen-bond donors (Lipinski definition) is 2. The minimum atomic E-state index is -0.914. The third-order valence-electron chi connectivity index (χ3n) is 4.77. The molecule has 1 aromatic carbocycles. The molecule has 7 nitrogen and oxygen atoms in total. The van der Waals surface area contributed by atoms with Crippen LogP contribution in [0.3, 0.4) is 0 Å². The SMILES string of the molecule is N#Cc1c(NC(=O)C=Cc2ccccc2)sc2c1CCN(C(=O)CCCC(=O)O)C2. The molecule has 154 valence electrons. The Kier molecular flexibility index (Phi) is 6.99. The molecule has 8 heteroatoms. The maximum absolute atomic E-state index is 12.3. The number of nitrogens with zero attached hydrogens (tertiary/aromatic N) is 2. The number of carboxylic acids is 1. The molecule has 2 aromatic rings. The Morgan fingerprint density at radius 1 is 1.23 bits per heavy atom. The number of rotatable bonds is 7. The number of carbonyl (C=O) groups is 3. The molecule has 30 heavy (non-hydrogen) atoms. The molecule has 0 saturated heterocycles. The van der Waals surface area contributed by atoms with Crippen LogP contribution in [0.1, 0.15) is 40.8 Å². The average Bonchev–Trinajstić information content (AvgIpc) is 3.08. The lowest BCUT2D eigenvalue weighted by Crippen LogP contribution is -2.35. The van der Waals surface area contributed by atoms with Crippen LogP contribution in [0.4, 0.5) is 5.00 Å². The lowest BCUT2D eigenvalue weighted by atomic mass is 10.0. The van der Waals surface area contributed by atoms with Gasteiger partial charge in [-0.15, -0.1) is 11.3 Å². The molecule has 0 unspecified atom stereocenters. The first-order valence-corrected chi connectivity index (χ1v) is 10.4. The Hall–Kier alpha value is -3.44. The summed E-state index contributed by atoms with van der Waals surface area (Å²) in [5.41, 5.74) is 2.23. The van der Waals surface area contributed by atoms with Crippen molar-refractivity contribution in [3.05, 3.63) is 58.0 Å². The molecule has 0 saturated carbocycles. The highest BCUT2D eigenvalue weighted by Gasteiger charge is 2.27. The van der Waals surface area contributed by atoms with Gasteiger partial charge in [0.1, 0.15) is 11.1 Å². The second kappa shape index (κ2) is 9.85. The second-order valence-corrected chi connectivity index (χ2v) is 7.97. The summed E-state index contributed by atoms with van der Waals surface area (Å²) in [6, 6.07) is 11.6. The van der Waals surface area contributed by atoms with Crippen LogP contribution < -0.4 is 5.32 Å². The Morgan fingerprint density at radius 2 is 2.00 bits per heavy atom. The predicted molar refractivity (Wildman–Crippen MR) is 114 cm³/mol. The number of benzene rings is 1. The lowest BCUT2D eigenvalue weighted by Gasteiger charge is -2.27. The first kappa shape index (κ1) is 21.3. The van der Waals surface area contributed by atoms with E-state index in [1.54, 1.807) is 11.0 Å². The molecule has 2 amide bonds. The standard InChI is InChI=1S/C22H21N3O4S/c23-13-17-16-11-12-25(20(27)7-4-8-21(28)29)14-18(16)30-22(17)24-19(26)10-9-15-5-2-1-3-6-15/h1-3,5-6,9-10H,4,7-8,11-12,14H2,(H,24,26)(H,28,29). The normalized spacial score (nSPS) is 13.0. The van der Waals surface area contributed by atoms with E-state index in [4.69, 9.17) is 5.11 Å². The Morgan fingerprint density at radius 3 is 2.70 bits per heavy atom. The maximum atomic E-state index is 12.3. The summed E-state index contributed by atoms with van der Waals surface area (Å²) in [6.45, 7) is 0.849. The maximum Gasteiger partial charge on any atom is 0.303 e. The Balaban J connectivity index is 1.66. The number of nitriles is 1. The van der Waals surface area contributed by atoms with E-state index in [1.165, 1.54) is 17.4 Å². The van der Waals surface area contributed by atoms with Gasteiger partial charge in [-0.05, 0) is 30.0 Å². The molecule has 1 aliphatic heterocycles. The zero-order chi connectivity index (χ0) is 21.5. The molecule has 0 fully saturated rings. The van der Waals surface area contributed by atoms with Gasteiger partial charge in [-0.3, -0.25) is 14.4 Å². The van der Waals surface area contributed by atoms with Crippen molar-refractivity contribution in [2.24, 2.45) is 0 Å². The molecule has 3 rings (SSSR count). The van der Waals surface area contributed by atoms with E-state index < -0.39 is 5.97 Å². The minimum Gasteiger partial charge on any atom is -0.481 e. The molecule has 0 bridgehead atoms. The second-order valence-electron chi connectivity index (χ2n) is 6.87. The minimum absolute atomic E-state index is 0.0326. The fraction of sp³-hybridized carbons (Fsp3) is 0.273. The molecule has 0 radical (unpaired) electrons. The van der Waals surface area contributed by atoms with Crippen molar-refractivity contribution in [1.82, 2.24) is 4.90 Å². The average molecular weight is 423 g/mol. The third-order valence-corrected chi connectivity index (χ3v) is 5.90. The van der Waals surface area contributed by atoms with E-state index in [1.807, 2.05) is 30.3 Å². The van der Waals surface area contributed by atoms with Gasteiger partial charge >= 0.3 is 5.97 Å². The number of hydrogen-bond acceptors (Lipinski definition) is 5. The third kappa shape index (κ3) is 5.33. The van der Waals surface area contributed by atoms with Gasteiger partial charge in [0, 0.05) is 30.3 Å². The fourth-order valence-electron chi connectivity index (χ4n) is 3.26. The van der Waals surface area contributed by atoms with Crippen molar-refractivity contribution in [2.45, 2.75) is 32.2 Å². The predicted octanol–water partition coefficient (Wildman–Crippen LogP) is 3.41. The Bertz CT molecular complexity index is 1020. The number of thiophene rings is 1. The van der Waals surface area contributed by atoms with Gasteiger partial charge in [0.25, 0.3) is 0 Å². The topological polar surface area (TPSA) is 111 Å². The van der Waals surface area contributed by atoms with Gasteiger partial charge < -0.3 is 15.3 Å². The van der Waals surface area contributed by atoms with Crippen LogP contribution >= 0.6 is 11.3 Å². The summed E-state index contributed by atoms with van der Waals surface area (Å²) >= 11 is 1.31. The monoisotopic (exact) mass is 423 g/mol. The molecule has 2 N–H and O–H groups in total. The number of carbonyl (C=O) groups excluding carboxylic acids is 2. The first-order valence-electron chi connectivity index (χ1n) is 9.56. The zero-order valence-corrected chi connectivity index (χ0v) is 17.1. The van der Waals surface area contributed by atoms with Crippen LogP contribution in [0, 0.1) is 11.3 Å². The van der Waals surface area contributed by atoms with Crippen molar-refractivity contribution in [3.63, 3.8) is 0 Å². The van der Waals surface area contributed by atoms with Crippen LogP contribution in [-0.4, -0.2) is 34.3 Å². The molecule has 0 spiro atoms. The van der Waals surface area contributed by atoms with Gasteiger partial charge in [-0.1, -0.05) is 30.3 Å². The zero-order valence-electron chi connectivity index (χ0n) is 16.3. The number of carboxylic acid groups (broad SMARTS) is 1. The summed E-state index contributed by atoms with van der Waals surface area (Å²) in [4.78, 5) is 37.8. The van der Waals surface area contributed by atoms with E-state index in [9.17, 15) is 19.6 Å². The molecular weight excluding hydrogens is 402 g/mol. The van der Waals surface area contributed by atoms with Crippen LogP contribution in [0.15, 0.2) is 36.4 Å². The Labute approximate surface area is 178 Å². The number of fused-ring (bicyclic) bond motifs is 1. The molecule has 1 aromatic heterocycles. The fourth-order valence-corrected chi connectivity index (χ4v) is 4.48. The summed E-state index contributed by atoms with van der Waals surface area (Å²) in [5.74, 6) is -1.33. The molecular formula is C22H21N3O4S. The first-order chi connectivity index (χ1) is 14.5. The molecule has 0 atom stereocenters. The molecule has 0 aliphatic carbocycles. The smallest absolute Gasteiger partial charge is 0.303 e. The van der Waals surface area contributed by atoms with E-state index in [0.29, 0.717) is 36.5 Å². The number of anilines is 1.